The van der Waals surface area contributed by atoms with E-state index in [1.165, 1.54) is 0 Å². The number of rotatable bonds is 5. The SMILES string of the molecule is COc1cc(Cl)c(C)cc1Nc1nc(C)cc(Nc2cccc(C#N)c2)n1. The number of methoxy groups -OCH3 is 1. The Bertz CT molecular complexity index is 1030. The van der Waals surface area contributed by atoms with E-state index in [1.807, 2.05) is 38.1 Å². The Balaban J connectivity index is 1.90. The molecule has 3 aromatic rings. The van der Waals surface area contributed by atoms with Crippen molar-refractivity contribution < 1.29 is 4.74 Å². The standard InChI is InChI=1S/C20H18ClN5O/c1-12-7-17(18(27-3)10-16(12)21)25-20-23-13(2)8-19(26-20)24-15-6-4-5-14(9-15)11-22/h4-10H,1-3H3,(H2,23,24,25,26). The second-order valence-corrected chi connectivity index (χ2v) is 6.37. The fourth-order valence-electron chi connectivity index (χ4n) is 2.55. The molecule has 0 saturated carbocycles. The van der Waals surface area contributed by atoms with Gasteiger partial charge in [-0.1, -0.05) is 17.7 Å². The Morgan fingerprint density at radius 1 is 1.07 bits per heavy atom. The number of aryl methyl sites for hydroxylation is 2. The van der Waals surface area contributed by atoms with Gasteiger partial charge in [-0.2, -0.15) is 10.2 Å². The Morgan fingerprint density at radius 2 is 1.89 bits per heavy atom. The molecule has 3 rings (SSSR count). The van der Waals surface area contributed by atoms with Gasteiger partial charge in [0.2, 0.25) is 5.95 Å². The summed E-state index contributed by atoms with van der Waals surface area (Å²) < 4.78 is 5.39. The van der Waals surface area contributed by atoms with Crippen LogP contribution in [0.15, 0.2) is 42.5 Å². The average Bonchev–Trinajstić information content (AvgIpc) is 2.64. The molecule has 1 aromatic heterocycles. The molecule has 2 aromatic carbocycles. The summed E-state index contributed by atoms with van der Waals surface area (Å²) in [6, 6.07) is 14.8. The first-order valence-corrected chi connectivity index (χ1v) is 8.60. The van der Waals surface area contributed by atoms with Crippen LogP contribution in [-0.4, -0.2) is 17.1 Å². The van der Waals surface area contributed by atoms with Gasteiger partial charge in [0, 0.05) is 28.5 Å². The van der Waals surface area contributed by atoms with Crippen molar-refractivity contribution in [3.63, 3.8) is 0 Å². The van der Waals surface area contributed by atoms with Gasteiger partial charge in [-0.3, -0.25) is 0 Å². The summed E-state index contributed by atoms with van der Waals surface area (Å²) in [5.74, 6) is 1.64. The molecule has 0 unspecified atom stereocenters. The molecule has 0 aliphatic rings. The van der Waals surface area contributed by atoms with Crippen LogP contribution in [-0.2, 0) is 0 Å². The van der Waals surface area contributed by atoms with Gasteiger partial charge in [-0.05, 0) is 43.7 Å². The van der Waals surface area contributed by atoms with Gasteiger partial charge >= 0.3 is 0 Å². The molecule has 0 amide bonds. The zero-order valence-corrected chi connectivity index (χ0v) is 15.9. The van der Waals surface area contributed by atoms with Crippen LogP contribution in [0.25, 0.3) is 0 Å². The van der Waals surface area contributed by atoms with Crippen LogP contribution in [0.3, 0.4) is 0 Å². The molecule has 0 atom stereocenters. The van der Waals surface area contributed by atoms with Crippen molar-refractivity contribution in [3.05, 3.63) is 64.3 Å². The number of hydrogen-bond acceptors (Lipinski definition) is 6. The van der Waals surface area contributed by atoms with E-state index in [-0.39, 0.29) is 0 Å². The summed E-state index contributed by atoms with van der Waals surface area (Å²) in [4.78, 5) is 8.93. The molecular formula is C20H18ClN5O. The number of anilines is 4. The smallest absolute Gasteiger partial charge is 0.229 e. The van der Waals surface area contributed by atoms with E-state index in [9.17, 15) is 0 Å². The van der Waals surface area contributed by atoms with E-state index < -0.39 is 0 Å². The van der Waals surface area contributed by atoms with Gasteiger partial charge < -0.3 is 15.4 Å². The number of ether oxygens (including phenoxy) is 1. The summed E-state index contributed by atoms with van der Waals surface area (Å²) in [6.07, 6.45) is 0. The van der Waals surface area contributed by atoms with Crippen molar-refractivity contribution in [1.82, 2.24) is 9.97 Å². The fraction of sp³-hybridized carbons (Fsp3) is 0.150. The highest BCUT2D eigenvalue weighted by molar-refractivity contribution is 6.31. The van der Waals surface area contributed by atoms with Crippen molar-refractivity contribution in [2.45, 2.75) is 13.8 Å². The molecule has 27 heavy (non-hydrogen) atoms. The van der Waals surface area contributed by atoms with Crippen molar-refractivity contribution in [2.24, 2.45) is 0 Å². The summed E-state index contributed by atoms with van der Waals surface area (Å²) in [6.45, 7) is 3.80. The highest BCUT2D eigenvalue weighted by Gasteiger charge is 2.10. The minimum atomic E-state index is 0.425. The molecule has 0 bridgehead atoms. The van der Waals surface area contributed by atoms with Crippen LogP contribution < -0.4 is 15.4 Å². The molecule has 0 radical (unpaired) electrons. The largest absolute Gasteiger partial charge is 0.495 e. The quantitative estimate of drug-likeness (QED) is 0.640. The number of nitrogens with one attached hydrogen (secondary N) is 2. The predicted octanol–water partition coefficient (Wildman–Crippen LogP) is 5.11. The third-order valence-corrected chi connectivity index (χ3v) is 4.25. The lowest BCUT2D eigenvalue weighted by molar-refractivity contribution is 0.416. The fourth-order valence-corrected chi connectivity index (χ4v) is 2.71. The number of nitrogens with zero attached hydrogens (tertiary/aromatic N) is 3. The number of halogens is 1. The van der Waals surface area contributed by atoms with Crippen molar-refractivity contribution in [3.8, 4) is 11.8 Å². The van der Waals surface area contributed by atoms with Crippen molar-refractivity contribution >= 4 is 34.7 Å². The molecular weight excluding hydrogens is 362 g/mol. The lowest BCUT2D eigenvalue weighted by Crippen LogP contribution is -2.04. The molecule has 0 fully saturated rings. The molecule has 2 N–H and O–H groups in total. The second kappa shape index (κ2) is 7.94. The third-order valence-electron chi connectivity index (χ3n) is 3.85. The Labute approximate surface area is 162 Å². The van der Waals surface area contributed by atoms with Gasteiger partial charge in [0.1, 0.15) is 11.6 Å². The molecule has 0 spiro atoms. The summed E-state index contributed by atoms with van der Waals surface area (Å²) in [7, 11) is 1.58. The van der Waals surface area contributed by atoms with Crippen LogP contribution in [0.4, 0.5) is 23.1 Å². The maximum absolute atomic E-state index is 9.04. The number of hydrogen-bond donors (Lipinski definition) is 2. The average molecular weight is 380 g/mol. The molecule has 7 heteroatoms. The first kappa shape index (κ1) is 18.5. The van der Waals surface area contributed by atoms with Crippen molar-refractivity contribution in [2.75, 3.05) is 17.7 Å². The highest BCUT2D eigenvalue weighted by atomic mass is 35.5. The van der Waals surface area contributed by atoms with Crippen LogP contribution in [0.5, 0.6) is 5.75 Å². The topological polar surface area (TPSA) is 82.9 Å². The normalized spacial score (nSPS) is 10.2. The van der Waals surface area contributed by atoms with Crippen LogP contribution >= 0.6 is 11.6 Å². The van der Waals surface area contributed by atoms with Gasteiger partial charge in [-0.15, -0.1) is 0 Å². The lowest BCUT2D eigenvalue weighted by atomic mass is 10.2. The van der Waals surface area contributed by atoms with E-state index >= 15 is 0 Å². The molecule has 1 heterocycles. The van der Waals surface area contributed by atoms with E-state index in [1.54, 1.807) is 25.3 Å². The maximum atomic E-state index is 9.04. The monoisotopic (exact) mass is 379 g/mol. The molecule has 0 aliphatic carbocycles. The van der Waals surface area contributed by atoms with E-state index in [4.69, 9.17) is 21.6 Å². The summed E-state index contributed by atoms with van der Waals surface area (Å²) in [5, 5.41) is 16.0. The lowest BCUT2D eigenvalue weighted by Gasteiger charge is -2.14. The summed E-state index contributed by atoms with van der Waals surface area (Å²) >= 11 is 6.16. The molecule has 0 saturated heterocycles. The predicted molar refractivity (Wildman–Crippen MR) is 107 cm³/mol. The Hall–Kier alpha value is -3.30. The minimum Gasteiger partial charge on any atom is -0.495 e. The zero-order chi connectivity index (χ0) is 19.4. The van der Waals surface area contributed by atoms with E-state index in [0.29, 0.717) is 28.1 Å². The van der Waals surface area contributed by atoms with Gasteiger partial charge in [0.05, 0.1) is 24.4 Å². The number of nitriles is 1. The first-order valence-electron chi connectivity index (χ1n) is 8.22. The van der Waals surface area contributed by atoms with Crippen molar-refractivity contribution in [1.29, 1.82) is 5.26 Å². The van der Waals surface area contributed by atoms with Gasteiger partial charge in [0.15, 0.2) is 0 Å². The van der Waals surface area contributed by atoms with E-state index in [0.717, 1.165) is 22.6 Å². The highest BCUT2D eigenvalue weighted by Crippen LogP contribution is 2.32. The Kier molecular flexibility index (Phi) is 5.43. The summed E-state index contributed by atoms with van der Waals surface area (Å²) in [5.41, 5.74) is 3.78. The van der Waals surface area contributed by atoms with Gasteiger partial charge in [-0.25, -0.2) is 4.98 Å². The Morgan fingerprint density at radius 3 is 2.63 bits per heavy atom. The molecule has 6 nitrogen and oxygen atoms in total. The van der Waals surface area contributed by atoms with Crippen LogP contribution in [0.2, 0.25) is 5.02 Å². The van der Waals surface area contributed by atoms with Crippen LogP contribution in [0.1, 0.15) is 16.8 Å². The molecule has 136 valence electrons. The number of benzene rings is 2. The molecule has 0 aliphatic heterocycles. The third kappa shape index (κ3) is 4.46. The zero-order valence-electron chi connectivity index (χ0n) is 15.2. The number of aromatic nitrogens is 2. The second-order valence-electron chi connectivity index (χ2n) is 5.96. The van der Waals surface area contributed by atoms with Gasteiger partial charge in [0.25, 0.3) is 0 Å². The van der Waals surface area contributed by atoms with Crippen LogP contribution in [0, 0.1) is 25.2 Å². The minimum absolute atomic E-state index is 0.425. The maximum Gasteiger partial charge on any atom is 0.229 e. The first-order chi connectivity index (χ1) is 13.0. The van der Waals surface area contributed by atoms with E-state index in [2.05, 4.69) is 26.7 Å².